The number of hydrogen-bond donors (Lipinski definition) is 1. The molecule has 0 aliphatic heterocycles. The number of fused-ring (bicyclic) bond motifs is 1. The molecule has 6 heteroatoms. The van der Waals surface area contributed by atoms with Crippen molar-refractivity contribution in [2.75, 3.05) is 0 Å². The van der Waals surface area contributed by atoms with Crippen molar-refractivity contribution in [3.8, 4) is 6.07 Å². The molecule has 22 heavy (non-hydrogen) atoms. The van der Waals surface area contributed by atoms with Crippen molar-refractivity contribution in [3.05, 3.63) is 52.0 Å². The van der Waals surface area contributed by atoms with Gasteiger partial charge in [-0.1, -0.05) is 12.1 Å². The Balaban J connectivity index is 1.76. The zero-order chi connectivity index (χ0) is 15.7. The quantitative estimate of drug-likeness (QED) is 0.808. The summed E-state index contributed by atoms with van der Waals surface area (Å²) in [7, 11) is 1.88. The number of nitriles is 1. The van der Waals surface area contributed by atoms with E-state index in [1.807, 2.05) is 32.2 Å². The number of hydrogen-bond acceptors (Lipinski definition) is 4. The molecular weight excluding hydrogens is 296 g/mol. The lowest BCUT2D eigenvalue weighted by Crippen LogP contribution is -2.21. The third-order valence-corrected chi connectivity index (χ3v) is 4.63. The Labute approximate surface area is 131 Å². The van der Waals surface area contributed by atoms with Crippen molar-refractivity contribution in [1.29, 1.82) is 5.26 Å². The molecule has 3 rings (SSSR count). The van der Waals surface area contributed by atoms with Gasteiger partial charge in [-0.25, -0.2) is 0 Å². The normalized spacial score (nSPS) is 10.6. The van der Waals surface area contributed by atoms with Gasteiger partial charge < -0.3 is 5.32 Å². The minimum atomic E-state index is -0.108. The number of nitrogens with zero attached hydrogens (tertiary/aromatic N) is 3. The van der Waals surface area contributed by atoms with Crippen LogP contribution in [-0.2, 0) is 13.6 Å². The van der Waals surface area contributed by atoms with Gasteiger partial charge in [-0.05, 0) is 30.7 Å². The predicted octanol–water partition coefficient (Wildman–Crippen LogP) is 2.74. The van der Waals surface area contributed by atoms with Gasteiger partial charge in [0.2, 0.25) is 0 Å². The highest BCUT2D eigenvalue weighted by Gasteiger charge is 2.14. The van der Waals surface area contributed by atoms with Crippen LogP contribution in [0.1, 0.15) is 26.5 Å². The highest BCUT2D eigenvalue weighted by atomic mass is 32.1. The van der Waals surface area contributed by atoms with E-state index in [-0.39, 0.29) is 5.91 Å². The minimum Gasteiger partial charge on any atom is -0.347 e. The van der Waals surface area contributed by atoms with E-state index >= 15 is 0 Å². The number of thiophene rings is 1. The first-order valence-electron chi connectivity index (χ1n) is 6.79. The summed E-state index contributed by atoms with van der Waals surface area (Å²) in [6, 6.07) is 11.2. The SMILES string of the molecule is Cc1nn(C)c2sc(C(=O)NCc3cccc(C#N)c3)cc12. The van der Waals surface area contributed by atoms with E-state index in [9.17, 15) is 4.79 Å². The fourth-order valence-electron chi connectivity index (χ4n) is 2.34. The van der Waals surface area contributed by atoms with Gasteiger partial charge in [-0.15, -0.1) is 11.3 Å². The number of amides is 1. The Morgan fingerprint density at radius 1 is 1.45 bits per heavy atom. The zero-order valence-electron chi connectivity index (χ0n) is 12.3. The molecule has 3 aromatic rings. The lowest BCUT2D eigenvalue weighted by Gasteiger charge is -2.04. The Morgan fingerprint density at radius 3 is 3.00 bits per heavy atom. The molecule has 0 aliphatic rings. The topological polar surface area (TPSA) is 70.7 Å². The molecule has 2 heterocycles. The lowest BCUT2D eigenvalue weighted by atomic mass is 10.1. The standard InChI is InChI=1S/C16H14N4OS/c1-10-13-7-14(22-16(13)20(2)19-10)15(21)18-9-12-5-3-4-11(6-12)8-17/h3-7H,9H2,1-2H3,(H,18,21). The highest BCUT2D eigenvalue weighted by Crippen LogP contribution is 2.27. The van der Waals surface area contributed by atoms with Gasteiger partial charge in [0.05, 0.1) is 22.2 Å². The van der Waals surface area contributed by atoms with E-state index in [2.05, 4.69) is 16.5 Å². The predicted molar refractivity (Wildman–Crippen MR) is 85.7 cm³/mol. The maximum Gasteiger partial charge on any atom is 0.261 e. The molecule has 5 nitrogen and oxygen atoms in total. The molecule has 1 N–H and O–H groups in total. The summed E-state index contributed by atoms with van der Waals surface area (Å²) >= 11 is 1.43. The molecule has 0 saturated carbocycles. The monoisotopic (exact) mass is 310 g/mol. The van der Waals surface area contributed by atoms with E-state index in [1.165, 1.54) is 11.3 Å². The summed E-state index contributed by atoms with van der Waals surface area (Å²) in [6.45, 7) is 2.34. The zero-order valence-corrected chi connectivity index (χ0v) is 13.1. The molecule has 0 saturated heterocycles. The second-order valence-electron chi connectivity index (χ2n) is 5.03. The van der Waals surface area contributed by atoms with Gasteiger partial charge in [0.1, 0.15) is 4.83 Å². The first kappa shape index (κ1) is 14.3. The number of carbonyl (C=O) groups excluding carboxylic acids is 1. The number of carbonyl (C=O) groups is 1. The van der Waals surface area contributed by atoms with Crippen LogP contribution in [0.15, 0.2) is 30.3 Å². The number of nitrogens with one attached hydrogen (secondary N) is 1. The second kappa shape index (κ2) is 5.62. The average Bonchev–Trinajstić information content (AvgIpc) is 3.07. The van der Waals surface area contributed by atoms with Crippen LogP contribution in [-0.4, -0.2) is 15.7 Å². The van der Waals surface area contributed by atoms with Crippen LogP contribution in [0.4, 0.5) is 0 Å². The molecule has 110 valence electrons. The van der Waals surface area contributed by atoms with Crippen molar-refractivity contribution in [1.82, 2.24) is 15.1 Å². The van der Waals surface area contributed by atoms with Crippen LogP contribution in [0.2, 0.25) is 0 Å². The Hall–Kier alpha value is -2.65. The van der Waals surface area contributed by atoms with Gasteiger partial charge in [0.15, 0.2) is 0 Å². The largest absolute Gasteiger partial charge is 0.347 e. The molecule has 2 aromatic heterocycles. The van der Waals surface area contributed by atoms with E-state index in [4.69, 9.17) is 5.26 Å². The second-order valence-corrected chi connectivity index (χ2v) is 6.06. The van der Waals surface area contributed by atoms with Crippen molar-refractivity contribution >= 4 is 27.5 Å². The fraction of sp³-hybridized carbons (Fsp3) is 0.188. The number of aryl methyl sites for hydroxylation is 2. The van der Waals surface area contributed by atoms with Gasteiger partial charge >= 0.3 is 0 Å². The van der Waals surface area contributed by atoms with Crippen LogP contribution in [0, 0.1) is 18.3 Å². The van der Waals surface area contributed by atoms with Crippen molar-refractivity contribution in [2.24, 2.45) is 7.05 Å². The fourth-order valence-corrected chi connectivity index (χ4v) is 3.38. The molecular formula is C16H14N4OS. The summed E-state index contributed by atoms with van der Waals surface area (Å²) in [5.41, 5.74) is 2.43. The molecule has 0 bridgehead atoms. The Morgan fingerprint density at radius 2 is 2.27 bits per heavy atom. The van der Waals surface area contributed by atoms with Gasteiger partial charge in [0, 0.05) is 19.0 Å². The summed E-state index contributed by atoms with van der Waals surface area (Å²) < 4.78 is 1.79. The van der Waals surface area contributed by atoms with Gasteiger partial charge in [0.25, 0.3) is 5.91 Å². The summed E-state index contributed by atoms with van der Waals surface area (Å²) in [5.74, 6) is -0.108. The maximum absolute atomic E-state index is 12.3. The first-order chi connectivity index (χ1) is 10.6. The van der Waals surface area contributed by atoms with Gasteiger partial charge in [-0.2, -0.15) is 10.4 Å². The van der Waals surface area contributed by atoms with Crippen molar-refractivity contribution in [3.63, 3.8) is 0 Å². The van der Waals surface area contributed by atoms with E-state index in [0.717, 1.165) is 21.5 Å². The number of rotatable bonds is 3. The molecule has 0 atom stereocenters. The van der Waals surface area contributed by atoms with E-state index in [0.29, 0.717) is 17.0 Å². The smallest absolute Gasteiger partial charge is 0.261 e. The van der Waals surface area contributed by atoms with Crippen LogP contribution < -0.4 is 5.32 Å². The maximum atomic E-state index is 12.3. The molecule has 1 aromatic carbocycles. The summed E-state index contributed by atoms with van der Waals surface area (Å²) in [4.78, 5) is 13.9. The Kier molecular flexibility index (Phi) is 3.65. The molecule has 0 aliphatic carbocycles. The minimum absolute atomic E-state index is 0.108. The molecule has 0 unspecified atom stereocenters. The third kappa shape index (κ3) is 2.59. The number of aromatic nitrogens is 2. The summed E-state index contributed by atoms with van der Waals surface area (Å²) in [6.07, 6.45) is 0. The van der Waals surface area contributed by atoms with E-state index < -0.39 is 0 Å². The van der Waals surface area contributed by atoms with Crippen LogP contribution in [0.25, 0.3) is 10.2 Å². The molecule has 0 radical (unpaired) electrons. The van der Waals surface area contributed by atoms with Gasteiger partial charge in [-0.3, -0.25) is 9.48 Å². The molecule has 0 fully saturated rings. The highest BCUT2D eigenvalue weighted by molar-refractivity contribution is 7.20. The number of benzene rings is 1. The molecule has 0 spiro atoms. The van der Waals surface area contributed by atoms with Crippen LogP contribution in [0.5, 0.6) is 0 Å². The average molecular weight is 310 g/mol. The third-order valence-electron chi connectivity index (χ3n) is 3.43. The van der Waals surface area contributed by atoms with Crippen LogP contribution in [0.3, 0.4) is 0 Å². The lowest BCUT2D eigenvalue weighted by molar-refractivity contribution is 0.0955. The van der Waals surface area contributed by atoms with Crippen LogP contribution >= 0.6 is 11.3 Å². The van der Waals surface area contributed by atoms with Crippen molar-refractivity contribution in [2.45, 2.75) is 13.5 Å². The Bertz CT molecular complexity index is 866. The van der Waals surface area contributed by atoms with E-state index in [1.54, 1.807) is 16.8 Å². The summed E-state index contributed by atoms with van der Waals surface area (Å²) in [5, 5.41) is 17.1. The molecule has 1 amide bonds. The van der Waals surface area contributed by atoms with Crippen molar-refractivity contribution < 1.29 is 4.79 Å². The first-order valence-corrected chi connectivity index (χ1v) is 7.60.